The van der Waals surface area contributed by atoms with Crippen LogP contribution in [-0.2, 0) is 38.3 Å². The van der Waals surface area contributed by atoms with E-state index in [9.17, 15) is 33.1 Å². The van der Waals surface area contributed by atoms with Gasteiger partial charge in [0.15, 0.2) is 6.29 Å². The Hall–Kier alpha value is -2.72. The molecule has 71 heavy (non-hydrogen) atoms. The summed E-state index contributed by atoms with van der Waals surface area (Å²) < 4.78 is 59.4. The highest BCUT2D eigenvalue weighted by atomic mass is 32.3. The smallest absolute Gasteiger partial charge is 0.397 e. The Labute approximate surface area is 432 Å². The van der Waals surface area contributed by atoms with Crippen molar-refractivity contribution in [3.63, 3.8) is 0 Å². The van der Waals surface area contributed by atoms with Crippen LogP contribution >= 0.6 is 0 Å². The Morgan fingerprint density at radius 2 is 0.972 bits per heavy atom. The molecule has 1 rings (SSSR count). The highest BCUT2D eigenvalue weighted by molar-refractivity contribution is 7.80. The van der Waals surface area contributed by atoms with E-state index in [2.05, 4.69) is 103 Å². The first-order valence-corrected chi connectivity index (χ1v) is 29.2. The van der Waals surface area contributed by atoms with E-state index in [1.54, 1.807) is 0 Å². The molecule has 0 aromatic heterocycles. The fourth-order valence-electron chi connectivity index (χ4n) is 8.08. The van der Waals surface area contributed by atoms with Gasteiger partial charge in [-0.1, -0.05) is 202 Å². The summed E-state index contributed by atoms with van der Waals surface area (Å²) in [5, 5.41) is 30.8. The zero-order valence-electron chi connectivity index (χ0n) is 44.3. The fraction of sp³-hybridized carbons (Fsp3) is 0.741. The maximum atomic E-state index is 12.9. The van der Waals surface area contributed by atoms with Gasteiger partial charge in [-0.3, -0.25) is 9.35 Å². The number of rotatable bonds is 48. The summed E-state index contributed by atoms with van der Waals surface area (Å²) in [6.45, 7) is 3.86. The molecule has 1 heterocycles. The zero-order valence-corrected chi connectivity index (χ0v) is 45.1. The van der Waals surface area contributed by atoms with Crippen LogP contribution in [0.15, 0.2) is 85.1 Å². The largest absolute Gasteiger partial charge is 0.457 e. The van der Waals surface area contributed by atoms with Crippen LogP contribution in [0, 0.1) is 0 Å². The highest BCUT2D eigenvalue weighted by Crippen LogP contribution is 2.26. The lowest BCUT2D eigenvalue weighted by Crippen LogP contribution is -2.60. The third-order valence-electron chi connectivity index (χ3n) is 12.3. The molecule has 1 fully saturated rings. The Morgan fingerprint density at radius 1 is 0.549 bits per heavy atom. The van der Waals surface area contributed by atoms with Crippen LogP contribution in [0.3, 0.4) is 0 Å². The SMILES string of the molecule is CC/C=C\C/C=C\C/C=C\C/C=C\C/C=C\C/C=C\CCCCCCCCC(=O)OC(COCCCCCCCCCC/C=C\CCCCCCCCC)COC1OC(CO)C(O)C(OS(=O)(=O)O)C1O. The first-order valence-electron chi connectivity index (χ1n) is 27.8. The summed E-state index contributed by atoms with van der Waals surface area (Å²) in [5.41, 5.74) is 0. The van der Waals surface area contributed by atoms with Gasteiger partial charge in [-0.05, 0) is 89.9 Å². The van der Waals surface area contributed by atoms with Crippen LogP contribution in [0.4, 0.5) is 0 Å². The van der Waals surface area contributed by atoms with Crippen molar-refractivity contribution in [2.45, 2.75) is 250 Å². The average Bonchev–Trinajstić information content (AvgIpc) is 3.35. The van der Waals surface area contributed by atoms with Gasteiger partial charge in [-0.2, -0.15) is 8.42 Å². The summed E-state index contributed by atoms with van der Waals surface area (Å²) in [5.74, 6) is -0.416. The van der Waals surface area contributed by atoms with Crippen LogP contribution in [-0.4, -0.2) is 97.5 Å². The Morgan fingerprint density at radius 3 is 1.44 bits per heavy atom. The standard InChI is InChI=1S/C58H100O12S/c1-3-5-7-9-11-13-15-17-19-21-23-24-25-26-27-28-29-31-33-35-37-39-41-43-45-47-54(60)68-52(51-67-58-56(62)57(70-71(63,64)65)55(61)53(49-59)69-58)50-66-48-46-44-42-40-38-36-34-32-30-22-20-18-16-14-12-10-8-6-4-2/h5,7,11,13,17,19-20,22-24,26-27,29,31,52-53,55-59,61-62H,3-4,6,8-10,12,14-16,18,21,25,28,30,32-51H2,1-2H3,(H,63,64,65)/b7-5-,13-11-,19-17-,22-20-,24-23-,27-26-,31-29-. The van der Waals surface area contributed by atoms with Gasteiger partial charge in [0.1, 0.15) is 30.5 Å². The van der Waals surface area contributed by atoms with Gasteiger partial charge >= 0.3 is 16.4 Å². The van der Waals surface area contributed by atoms with Crippen molar-refractivity contribution in [3.8, 4) is 0 Å². The maximum Gasteiger partial charge on any atom is 0.397 e. The third kappa shape index (κ3) is 41.3. The van der Waals surface area contributed by atoms with Crippen LogP contribution in [0.2, 0.25) is 0 Å². The zero-order chi connectivity index (χ0) is 51.7. The lowest BCUT2D eigenvalue weighted by Gasteiger charge is -2.41. The van der Waals surface area contributed by atoms with Crippen molar-refractivity contribution < 1.29 is 56.2 Å². The normalized spacial score (nSPS) is 19.7. The van der Waals surface area contributed by atoms with Gasteiger partial charge in [0.25, 0.3) is 0 Å². The third-order valence-corrected chi connectivity index (χ3v) is 12.7. The Kier molecular flexibility index (Phi) is 45.0. The Balaban J connectivity index is 2.35. The molecule has 410 valence electrons. The van der Waals surface area contributed by atoms with E-state index in [1.807, 2.05) is 0 Å². The molecular weight excluding hydrogens is 921 g/mol. The average molecular weight is 1020 g/mol. The fourth-order valence-corrected chi connectivity index (χ4v) is 8.59. The van der Waals surface area contributed by atoms with Crippen molar-refractivity contribution in [1.82, 2.24) is 0 Å². The maximum absolute atomic E-state index is 12.9. The molecule has 0 spiro atoms. The molecule has 6 atom stereocenters. The lowest BCUT2D eigenvalue weighted by atomic mass is 9.99. The number of esters is 1. The van der Waals surface area contributed by atoms with Crippen LogP contribution in [0.5, 0.6) is 0 Å². The second-order valence-corrected chi connectivity index (χ2v) is 19.8. The van der Waals surface area contributed by atoms with Crippen molar-refractivity contribution in [1.29, 1.82) is 0 Å². The van der Waals surface area contributed by atoms with E-state index < -0.39 is 59.8 Å². The predicted molar refractivity (Wildman–Crippen MR) is 289 cm³/mol. The van der Waals surface area contributed by atoms with Gasteiger partial charge in [0.2, 0.25) is 0 Å². The molecule has 0 saturated carbocycles. The quantitative estimate of drug-likeness (QED) is 0.0196. The summed E-state index contributed by atoms with van der Waals surface area (Å²) in [6.07, 6.45) is 56.1. The van der Waals surface area contributed by atoms with Gasteiger partial charge in [-0.25, -0.2) is 4.18 Å². The number of aliphatic hydroxyl groups excluding tert-OH is 3. The number of unbranched alkanes of at least 4 members (excludes halogenated alkanes) is 21. The summed E-state index contributed by atoms with van der Waals surface area (Å²) in [4.78, 5) is 12.9. The molecule has 4 N–H and O–H groups in total. The minimum absolute atomic E-state index is 0.0236. The van der Waals surface area contributed by atoms with Gasteiger partial charge in [0.05, 0.1) is 19.8 Å². The molecule has 0 amide bonds. The molecule has 6 unspecified atom stereocenters. The molecule has 0 aliphatic carbocycles. The second-order valence-electron chi connectivity index (χ2n) is 18.8. The number of hydrogen-bond acceptors (Lipinski definition) is 11. The van der Waals surface area contributed by atoms with Crippen molar-refractivity contribution in [2.75, 3.05) is 26.4 Å². The topological polar surface area (TPSA) is 178 Å². The van der Waals surface area contributed by atoms with Crippen LogP contribution in [0.25, 0.3) is 0 Å². The van der Waals surface area contributed by atoms with Crippen LogP contribution in [0.1, 0.15) is 213 Å². The Bertz CT molecular complexity index is 1550. The number of allylic oxidation sites excluding steroid dienone is 14. The number of carbonyl (C=O) groups excluding carboxylic acids is 1. The highest BCUT2D eigenvalue weighted by Gasteiger charge is 2.48. The molecule has 1 saturated heterocycles. The van der Waals surface area contributed by atoms with Crippen molar-refractivity contribution >= 4 is 16.4 Å². The van der Waals surface area contributed by atoms with E-state index in [4.69, 9.17) is 18.9 Å². The minimum atomic E-state index is -5.07. The monoisotopic (exact) mass is 1020 g/mol. The molecule has 0 aromatic rings. The van der Waals surface area contributed by atoms with Gasteiger partial charge in [-0.15, -0.1) is 0 Å². The predicted octanol–water partition coefficient (Wildman–Crippen LogP) is 13.6. The first-order chi connectivity index (χ1) is 34.6. The first kappa shape index (κ1) is 66.3. The molecule has 0 aromatic carbocycles. The molecular formula is C58H100O12S. The number of ether oxygens (including phenoxy) is 4. The minimum Gasteiger partial charge on any atom is -0.457 e. The number of hydrogen-bond donors (Lipinski definition) is 4. The van der Waals surface area contributed by atoms with Crippen molar-refractivity contribution in [3.05, 3.63) is 85.1 Å². The summed E-state index contributed by atoms with van der Waals surface area (Å²) >= 11 is 0. The van der Waals surface area contributed by atoms with E-state index in [-0.39, 0.29) is 19.6 Å². The van der Waals surface area contributed by atoms with E-state index >= 15 is 0 Å². The molecule has 1 aliphatic rings. The molecule has 12 nitrogen and oxygen atoms in total. The summed E-state index contributed by atoms with van der Waals surface area (Å²) in [6, 6.07) is 0. The van der Waals surface area contributed by atoms with E-state index in [1.165, 1.54) is 89.9 Å². The molecule has 0 bridgehead atoms. The van der Waals surface area contributed by atoms with Gasteiger partial charge < -0.3 is 34.3 Å². The van der Waals surface area contributed by atoms with E-state index in [0.717, 1.165) is 96.3 Å². The lowest BCUT2D eigenvalue weighted by molar-refractivity contribution is -0.301. The molecule has 13 heteroatoms. The van der Waals surface area contributed by atoms with Crippen molar-refractivity contribution in [2.24, 2.45) is 0 Å². The van der Waals surface area contributed by atoms with Gasteiger partial charge in [0, 0.05) is 13.0 Å². The second kappa shape index (κ2) is 48.2. The van der Waals surface area contributed by atoms with E-state index in [0.29, 0.717) is 13.0 Å². The number of carbonyl (C=O) groups is 1. The molecule has 1 aliphatic heterocycles. The van der Waals surface area contributed by atoms with Crippen LogP contribution < -0.4 is 0 Å². The molecule has 0 radical (unpaired) electrons. The summed E-state index contributed by atoms with van der Waals surface area (Å²) in [7, 11) is -5.07. The number of aliphatic hydroxyl groups is 3.